The Balaban J connectivity index is 1.40. The first-order valence-corrected chi connectivity index (χ1v) is 11.8. The third-order valence-corrected chi connectivity index (χ3v) is 5.80. The van der Waals surface area contributed by atoms with Crippen LogP contribution in [0, 0.1) is 0 Å². The zero-order valence-electron chi connectivity index (χ0n) is 17.5. The predicted octanol–water partition coefficient (Wildman–Crippen LogP) is 7.00. The summed E-state index contributed by atoms with van der Waals surface area (Å²) in [6.45, 7) is 2.99. The molecule has 0 bridgehead atoms. The van der Waals surface area contributed by atoms with Gasteiger partial charge in [-0.05, 0) is 48.4 Å². The molecule has 0 saturated heterocycles. The maximum Gasteiger partial charge on any atom is 0.203 e. The summed E-state index contributed by atoms with van der Waals surface area (Å²) in [5, 5.41) is 7.06. The molecule has 5 nitrogen and oxygen atoms in total. The van der Waals surface area contributed by atoms with Crippen molar-refractivity contribution in [1.29, 1.82) is 0 Å². The molecule has 0 fully saturated rings. The van der Waals surface area contributed by atoms with Crippen molar-refractivity contribution < 1.29 is 9.47 Å². The van der Waals surface area contributed by atoms with Crippen molar-refractivity contribution in [3.8, 4) is 22.8 Å². The lowest BCUT2D eigenvalue weighted by molar-refractivity contribution is 0.269. The highest BCUT2D eigenvalue weighted by atomic mass is 79.9. The molecule has 1 N–H and O–H groups in total. The number of aromatic nitrogens is 1. The molecule has 7 heteroatoms. The fourth-order valence-corrected chi connectivity index (χ4v) is 3.90. The summed E-state index contributed by atoms with van der Waals surface area (Å²) in [4.78, 5) is 4.59. The van der Waals surface area contributed by atoms with E-state index in [2.05, 4.69) is 31.4 Å². The Morgan fingerprint density at radius 3 is 2.59 bits per heavy atom. The molecule has 0 aliphatic rings. The average molecular weight is 508 g/mol. The summed E-state index contributed by atoms with van der Waals surface area (Å²) in [6.07, 6.45) is 1.74. The number of anilines is 1. The number of rotatable bonds is 9. The van der Waals surface area contributed by atoms with Gasteiger partial charge in [0.15, 0.2) is 11.5 Å². The Labute approximate surface area is 199 Å². The van der Waals surface area contributed by atoms with Crippen molar-refractivity contribution in [3.63, 3.8) is 0 Å². The van der Waals surface area contributed by atoms with Crippen LogP contribution in [-0.4, -0.2) is 17.8 Å². The van der Waals surface area contributed by atoms with Gasteiger partial charge in [-0.2, -0.15) is 5.10 Å². The Kier molecular flexibility index (Phi) is 7.53. The normalized spacial score (nSPS) is 10.9. The maximum absolute atomic E-state index is 5.96. The van der Waals surface area contributed by atoms with Gasteiger partial charge in [-0.15, -0.1) is 11.3 Å². The molecule has 0 saturated carbocycles. The van der Waals surface area contributed by atoms with Crippen LogP contribution in [0.2, 0.25) is 0 Å². The molecule has 1 aromatic heterocycles. The van der Waals surface area contributed by atoms with Crippen LogP contribution in [0.5, 0.6) is 11.5 Å². The Bertz CT molecular complexity index is 1180. The van der Waals surface area contributed by atoms with Crippen molar-refractivity contribution >= 4 is 38.6 Å². The van der Waals surface area contributed by atoms with E-state index in [0.717, 1.165) is 32.0 Å². The summed E-state index contributed by atoms with van der Waals surface area (Å²) in [5.74, 6) is 1.40. The number of halogens is 1. The lowest BCUT2D eigenvalue weighted by Gasteiger charge is -2.12. The van der Waals surface area contributed by atoms with Gasteiger partial charge >= 0.3 is 0 Å². The lowest BCUT2D eigenvalue weighted by Crippen LogP contribution is -2.00. The Hall–Kier alpha value is -3.16. The summed E-state index contributed by atoms with van der Waals surface area (Å²) < 4.78 is 12.8. The minimum Gasteiger partial charge on any atom is -0.490 e. The standard InChI is InChI=1S/C25H22BrN3O2S/c1-2-30-24-14-19(8-13-23(24)31-16-18-6-4-3-5-7-18)15-27-29-25-28-22(17-32-25)20-9-11-21(26)12-10-20/h3-15,17H,2,16H2,1H3,(H,28,29)/b27-15+. The zero-order chi connectivity index (χ0) is 22.2. The van der Waals surface area contributed by atoms with Gasteiger partial charge in [0.25, 0.3) is 0 Å². The first-order valence-electron chi connectivity index (χ1n) is 10.2. The second-order valence-electron chi connectivity index (χ2n) is 6.83. The Morgan fingerprint density at radius 2 is 1.81 bits per heavy atom. The third-order valence-electron chi connectivity index (χ3n) is 4.52. The van der Waals surface area contributed by atoms with E-state index in [1.165, 1.54) is 11.3 Å². The number of hydrazone groups is 1. The molecule has 3 aromatic carbocycles. The second-order valence-corrected chi connectivity index (χ2v) is 8.60. The van der Waals surface area contributed by atoms with E-state index in [-0.39, 0.29) is 0 Å². The molecule has 32 heavy (non-hydrogen) atoms. The number of nitrogens with one attached hydrogen (secondary N) is 1. The summed E-state index contributed by atoms with van der Waals surface area (Å²) in [7, 11) is 0. The van der Waals surface area contributed by atoms with Crippen molar-refractivity contribution in [2.24, 2.45) is 5.10 Å². The van der Waals surface area contributed by atoms with Crippen molar-refractivity contribution in [1.82, 2.24) is 4.98 Å². The van der Waals surface area contributed by atoms with Crippen LogP contribution >= 0.6 is 27.3 Å². The zero-order valence-corrected chi connectivity index (χ0v) is 19.9. The van der Waals surface area contributed by atoms with Crippen molar-refractivity contribution in [2.45, 2.75) is 13.5 Å². The van der Waals surface area contributed by atoms with Gasteiger partial charge in [0.05, 0.1) is 18.5 Å². The lowest BCUT2D eigenvalue weighted by atomic mass is 10.2. The average Bonchev–Trinajstić information content (AvgIpc) is 3.29. The number of hydrogen-bond donors (Lipinski definition) is 1. The largest absolute Gasteiger partial charge is 0.490 e. The fraction of sp³-hybridized carbons (Fsp3) is 0.120. The second kappa shape index (κ2) is 10.9. The molecule has 1 heterocycles. The van der Waals surface area contributed by atoms with Crippen LogP contribution in [0.3, 0.4) is 0 Å². The molecular weight excluding hydrogens is 486 g/mol. The molecule has 0 spiro atoms. The van der Waals surface area contributed by atoms with E-state index < -0.39 is 0 Å². The van der Waals surface area contributed by atoms with Crippen LogP contribution in [0.4, 0.5) is 5.13 Å². The number of thiazole rings is 1. The highest BCUT2D eigenvalue weighted by Gasteiger charge is 2.07. The van der Waals surface area contributed by atoms with Gasteiger partial charge in [0, 0.05) is 15.4 Å². The first-order chi connectivity index (χ1) is 15.7. The monoisotopic (exact) mass is 507 g/mol. The highest BCUT2D eigenvalue weighted by Crippen LogP contribution is 2.29. The van der Waals surface area contributed by atoms with E-state index in [4.69, 9.17) is 9.47 Å². The van der Waals surface area contributed by atoms with Gasteiger partial charge in [0.1, 0.15) is 6.61 Å². The molecule has 0 amide bonds. The highest BCUT2D eigenvalue weighted by molar-refractivity contribution is 9.10. The molecule has 4 rings (SSSR count). The molecule has 0 aliphatic carbocycles. The van der Waals surface area contributed by atoms with E-state index in [9.17, 15) is 0 Å². The third kappa shape index (κ3) is 5.96. The van der Waals surface area contributed by atoms with E-state index >= 15 is 0 Å². The summed E-state index contributed by atoms with van der Waals surface area (Å²) >= 11 is 4.96. The van der Waals surface area contributed by atoms with E-state index in [0.29, 0.717) is 24.7 Å². The van der Waals surface area contributed by atoms with Crippen LogP contribution in [0.25, 0.3) is 11.3 Å². The number of benzene rings is 3. The molecule has 162 valence electrons. The number of hydrogen-bond acceptors (Lipinski definition) is 6. The molecular formula is C25H22BrN3O2S. The van der Waals surface area contributed by atoms with Crippen LogP contribution in [0.1, 0.15) is 18.1 Å². The minimum atomic E-state index is 0.487. The maximum atomic E-state index is 5.96. The first kappa shape index (κ1) is 22.0. The predicted molar refractivity (Wildman–Crippen MR) is 135 cm³/mol. The minimum absolute atomic E-state index is 0.487. The number of ether oxygens (including phenoxy) is 2. The van der Waals surface area contributed by atoms with E-state index in [1.807, 2.05) is 85.1 Å². The van der Waals surface area contributed by atoms with Gasteiger partial charge in [-0.1, -0.05) is 58.4 Å². The van der Waals surface area contributed by atoms with Gasteiger partial charge < -0.3 is 9.47 Å². The molecule has 0 aliphatic heterocycles. The smallest absolute Gasteiger partial charge is 0.203 e. The van der Waals surface area contributed by atoms with Crippen LogP contribution in [-0.2, 0) is 6.61 Å². The molecule has 0 radical (unpaired) electrons. The van der Waals surface area contributed by atoms with Crippen LogP contribution in [0.15, 0.2) is 87.8 Å². The van der Waals surface area contributed by atoms with E-state index in [1.54, 1.807) is 6.21 Å². The van der Waals surface area contributed by atoms with Gasteiger partial charge in [-0.3, -0.25) is 5.43 Å². The van der Waals surface area contributed by atoms with Crippen LogP contribution < -0.4 is 14.9 Å². The van der Waals surface area contributed by atoms with Crippen molar-refractivity contribution in [2.75, 3.05) is 12.0 Å². The molecule has 4 aromatic rings. The summed E-state index contributed by atoms with van der Waals surface area (Å²) in [5.41, 5.74) is 6.99. The quantitative estimate of drug-likeness (QED) is 0.196. The fourth-order valence-electron chi connectivity index (χ4n) is 2.97. The van der Waals surface area contributed by atoms with Gasteiger partial charge in [0.2, 0.25) is 5.13 Å². The van der Waals surface area contributed by atoms with Gasteiger partial charge in [-0.25, -0.2) is 4.98 Å². The SMILES string of the molecule is CCOc1cc(/C=N/Nc2nc(-c3ccc(Br)cc3)cs2)ccc1OCc1ccccc1. The number of nitrogens with zero attached hydrogens (tertiary/aromatic N) is 2. The van der Waals surface area contributed by atoms with Crippen molar-refractivity contribution in [3.05, 3.63) is 93.8 Å². The molecule has 0 unspecified atom stereocenters. The molecule has 0 atom stereocenters. The Morgan fingerprint density at radius 1 is 1.00 bits per heavy atom. The topological polar surface area (TPSA) is 55.7 Å². The summed E-state index contributed by atoms with van der Waals surface area (Å²) in [6, 6.07) is 23.9.